The number of hydrogen-bond donors (Lipinski definition) is 2. The van der Waals surface area contributed by atoms with Gasteiger partial charge in [-0.2, -0.15) is 11.8 Å². The van der Waals surface area contributed by atoms with Crippen LogP contribution >= 0.6 is 35.7 Å². The zero-order chi connectivity index (χ0) is 18.7. The Morgan fingerprint density at radius 2 is 1.92 bits per heavy atom. The molecule has 1 rings (SSSR count). The van der Waals surface area contributed by atoms with Crippen LogP contribution in [0.25, 0.3) is 0 Å². The van der Waals surface area contributed by atoms with Gasteiger partial charge in [0.15, 0.2) is 17.5 Å². The Morgan fingerprint density at radius 1 is 1.19 bits per heavy atom. The van der Waals surface area contributed by atoms with E-state index >= 15 is 0 Å². The van der Waals surface area contributed by atoms with Crippen LogP contribution in [0.3, 0.4) is 0 Å². The average Bonchev–Trinajstić information content (AvgIpc) is 2.62. The number of guanidine groups is 1. The van der Waals surface area contributed by atoms with Gasteiger partial charge in [0.25, 0.3) is 0 Å². The lowest BCUT2D eigenvalue weighted by atomic mass is 10.2. The van der Waals surface area contributed by atoms with E-state index in [1.54, 1.807) is 7.11 Å². The van der Waals surface area contributed by atoms with Gasteiger partial charge in [0.2, 0.25) is 0 Å². The van der Waals surface area contributed by atoms with Gasteiger partial charge in [-0.15, -0.1) is 24.0 Å². The summed E-state index contributed by atoms with van der Waals surface area (Å²) in [4.78, 5) is 4.68. The van der Waals surface area contributed by atoms with Gasteiger partial charge >= 0.3 is 0 Å². The summed E-state index contributed by atoms with van der Waals surface area (Å²) in [5.74, 6) is 2.36. The van der Waals surface area contributed by atoms with Crippen molar-refractivity contribution in [3.8, 4) is 11.5 Å². The van der Waals surface area contributed by atoms with E-state index in [0.717, 1.165) is 42.5 Å². The van der Waals surface area contributed by atoms with Gasteiger partial charge in [-0.25, -0.2) is 4.99 Å². The molecule has 0 aliphatic carbocycles. The molecule has 0 atom stereocenters. The van der Waals surface area contributed by atoms with Crippen molar-refractivity contribution in [3.05, 3.63) is 23.8 Å². The van der Waals surface area contributed by atoms with E-state index in [1.807, 2.05) is 30.0 Å². The van der Waals surface area contributed by atoms with Crippen LogP contribution in [0.1, 0.15) is 39.7 Å². The Morgan fingerprint density at radius 3 is 2.50 bits per heavy atom. The van der Waals surface area contributed by atoms with Crippen LogP contribution in [-0.4, -0.2) is 43.8 Å². The molecule has 0 spiro atoms. The summed E-state index contributed by atoms with van der Waals surface area (Å²) >= 11 is 1.84. The van der Waals surface area contributed by atoms with E-state index in [1.165, 1.54) is 0 Å². The monoisotopic (exact) mass is 495 g/mol. The molecule has 0 fully saturated rings. The van der Waals surface area contributed by atoms with Crippen LogP contribution in [0.5, 0.6) is 11.5 Å². The number of aliphatic imine (C=N–C) groups is 1. The first-order valence-electron chi connectivity index (χ1n) is 8.82. The molecular formula is C19H34IN3O2S. The van der Waals surface area contributed by atoms with E-state index < -0.39 is 0 Å². The lowest BCUT2D eigenvalue weighted by Gasteiger charge is -2.23. The Kier molecular flexibility index (Phi) is 12.9. The molecule has 0 unspecified atom stereocenters. The maximum absolute atomic E-state index is 5.70. The molecule has 0 saturated carbocycles. The van der Waals surface area contributed by atoms with Crippen LogP contribution in [0.4, 0.5) is 0 Å². The highest BCUT2D eigenvalue weighted by atomic mass is 127. The minimum absolute atomic E-state index is 0. The molecule has 1 aromatic rings. The molecule has 0 saturated heterocycles. The highest BCUT2D eigenvalue weighted by molar-refractivity contribution is 14.0. The molecule has 26 heavy (non-hydrogen) atoms. The molecule has 0 amide bonds. The van der Waals surface area contributed by atoms with Crippen molar-refractivity contribution in [3.63, 3.8) is 0 Å². The third-order valence-electron chi connectivity index (χ3n) is 3.69. The maximum atomic E-state index is 5.70. The van der Waals surface area contributed by atoms with Crippen molar-refractivity contribution in [1.29, 1.82) is 0 Å². The summed E-state index contributed by atoms with van der Waals surface area (Å²) < 4.78 is 11.3. The first-order chi connectivity index (χ1) is 12.0. The molecule has 0 aliphatic heterocycles. The molecule has 1 aromatic carbocycles. The number of rotatable bonds is 10. The fraction of sp³-hybridized carbons (Fsp3) is 0.632. The van der Waals surface area contributed by atoms with E-state index in [9.17, 15) is 0 Å². The Bertz CT molecular complexity index is 554. The molecule has 0 bridgehead atoms. The number of halogens is 1. The standard InChI is InChI=1S/C19H33N3O2S.HI/c1-7-11-24-16-10-9-15(12-17(16)23-5)13-21-18(20-8-2)22-14-19(3,4)25-6;/h9-10,12H,7-8,11,13-14H2,1-6H3,(H2,20,21,22);1H. The van der Waals surface area contributed by atoms with Crippen molar-refractivity contribution in [2.75, 3.05) is 33.1 Å². The van der Waals surface area contributed by atoms with Gasteiger partial charge < -0.3 is 20.1 Å². The largest absolute Gasteiger partial charge is 0.493 e. The predicted molar refractivity (Wildman–Crippen MR) is 125 cm³/mol. The topological polar surface area (TPSA) is 54.9 Å². The number of methoxy groups -OCH3 is 1. The minimum atomic E-state index is 0. The second kappa shape index (κ2) is 13.4. The average molecular weight is 495 g/mol. The Hall–Kier alpha value is -0.830. The molecule has 5 nitrogen and oxygen atoms in total. The first kappa shape index (κ1) is 25.2. The lowest BCUT2D eigenvalue weighted by Crippen LogP contribution is -2.43. The molecular weight excluding hydrogens is 461 g/mol. The molecule has 7 heteroatoms. The first-order valence-corrected chi connectivity index (χ1v) is 10.0. The van der Waals surface area contributed by atoms with Crippen LogP contribution < -0.4 is 20.1 Å². The minimum Gasteiger partial charge on any atom is -0.493 e. The molecule has 150 valence electrons. The second-order valence-corrected chi connectivity index (χ2v) is 7.86. The maximum Gasteiger partial charge on any atom is 0.191 e. The summed E-state index contributed by atoms with van der Waals surface area (Å²) in [6, 6.07) is 5.98. The SMILES string of the molecule is CCCOc1ccc(CN=C(NCC)NCC(C)(C)SC)cc1OC.I. The van der Waals surface area contributed by atoms with Gasteiger partial charge in [0, 0.05) is 17.8 Å². The molecule has 0 aromatic heterocycles. The van der Waals surface area contributed by atoms with Gasteiger partial charge in [-0.1, -0.05) is 13.0 Å². The number of nitrogens with zero attached hydrogens (tertiary/aromatic N) is 1. The summed E-state index contributed by atoms with van der Waals surface area (Å²) in [6.07, 6.45) is 3.10. The van der Waals surface area contributed by atoms with Crippen molar-refractivity contribution in [2.24, 2.45) is 4.99 Å². The summed E-state index contributed by atoms with van der Waals surface area (Å²) in [5, 5.41) is 6.70. The smallest absolute Gasteiger partial charge is 0.191 e. The fourth-order valence-electron chi connectivity index (χ4n) is 2.02. The van der Waals surface area contributed by atoms with E-state index in [-0.39, 0.29) is 28.7 Å². The molecule has 0 heterocycles. The number of hydrogen-bond acceptors (Lipinski definition) is 4. The van der Waals surface area contributed by atoms with E-state index in [0.29, 0.717) is 13.2 Å². The summed E-state index contributed by atoms with van der Waals surface area (Å²) in [6.45, 7) is 11.5. The van der Waals surface area contributed by atoms with Crippen molar-refractivity contribution in [2.45, 2.75) is 45.4 Å². The van der Waals surface area contributed by atoms with Crippen LogP contribution in [0.2, 0.25) is 0 Å². The number of thioether (sulfide) groups is 1. The molecule has 0 radical (unpaired) electrons. The van der Waals surface area contributed by atoms with Crippen molar-refractivity contribution in [1.82, 2.24) is 10.6 Å². The predicted octanol–water partition coefficient (Wildman–Crippen LogP) is 4.30. The second-order valence-electron chi connectivity index (χ2n) is 6.35. The zero-order valence-corrected chi connectivity index (χ0v) is 20.0. The van der Waals surface area contributed by atoms with Gasteiger partial charge in [-0.05, 0) is 51.1 Å². The van der Waals surface area contributed by atoms with Gasteiger partial charge in [0.05, 0.1) is 20.3 Å². The number of nitrogens with one attached hydrogen (secondary N) is 2. The van der Waals surface area contributed by atoms with Crippen LogP contribution in [0.15, 0.2) is 23.2 Å². The van der Waals surface area contributed by atoms with Crippen LogP contribution in [-0.2, 0) is 6.54 Å². The molecule has 0 aliphatic rings. The lowest BCUT2D eigenvalue weighted by molar-refractivity contribution is 0.294. The number of benzene rings is 1. The zero-order valence-electron chi connectivity index (χ0n) is 16.8. The van der Waals surface area contributed by atoms with Crippen molar-refractivity contribution >= 4 is 41.7 Å². The summed E-state index contributed by atoms with van der Waals surface area (Å²) in [7, 11) is 1.66. The highest BCUT2D eigenvalue weighted by Crippen LogP contribution is 2.28. The highest BCUT2D eigenvalue weighted by Gasteiger charge is 2.16. The Labute approximate surface area is 180 Å². The normalized spacial score (nSPS) is 11.5. The van der Waals surface area contributed by atoms with Gasteiger partial charge in [-0.3, -0.25) is 0 Å². The Balaban J connectivity index is 0.00000625. The molecule has 2 N–H and O–H groups in total. The van der Waals surface area contributed by atoms with E-state index in [2.05, 4.69) is 49.6 Å². The van der Waals surface area contributed by atoms with Crippen molar-refractivity contribution < 1.29 is 9.47 Å². The van der Waals surface area contributed by atoms with E-state index in [4.69, 9.17) is 9.47 Å². The quantitative estimate of drug-likeness (QED) is 0.288. The third-order valence-corrected chi connectivity index (χ3v) is 4.94. The van der Waals surface area contributed by atoms with Crippen LogP contribution in [0, 0.1) is 0 Å². The number of ether oxygens (including phenoxy) is 2. The van der Waals surface area contributed by atoms with Gasteiger partial charge in [0.1, 0.15) is 0 Å². The third kappa shape index (κ3) is 9.21. The fourth-order valence-corrected chi connectivity index (χ4v) is 2.24. The summed E-state index contributed by atoms with van der Waals surface area (Å²) in [5.41, 5.74) is 1.09.